The number of nitrogens with zero attached hydrogens (tertiary/aromatic N) is 2. The molecule has 3 heteroatoms. The van der Waals surface area contributed by atoms with Gasteiger partial charge in [-0.2, -0.15) is 0 Å². The van der Waals surface area contributed by atoms with Crippen LogP contribution < -0.4 is 0 Å². The molecule has 0 bridgehead atoms. The number of ether oxygens (including phenoxy) is 1. The average Bonchev–Trinajstić information content (AvgIpc) is 2.55. The van der Waals surface area contributed by atoms with Crippen molar-refractivity contribution >= 4 is 0 Å². The SMILES string of the molecule is c1ccc([C@@H]2CN(CCc3ccncc3)CCO2)cc1. The number of hydrogen-bond acceptors (Lipinski definition) is 3. The molecular formula is C17H20N2O. The van der Waals surface area contributed by atoms with E-state index in [2.05, 4.69) is 46.3 Å². The Morgan fingerprint density at radius 3 is 2.70 bits per heavy atom. The summed E-state index contributed by atoms with van der Waals surface area (Å²) in [7, 11) is 0. The van der Waals surface area contributed by atoms with Gasteiger partial charge in [0.25, 0.3) is 0 Å². The largest absolute Gasteiger partial charge is 0.371 e. The fourth-order valence-electron chi connectivity index (χ4n) is 2.61. The van der Waals surface area contributed by atoms with E-state index in [1.165, 1.54) is 11.1 Å². The standard InChI is InChI=1S/C17H20N2O/c1-2-4-16(5-3-1)17-14-19(12-13-20-17)11-8-15-6-9-18-10-7-15/h1-7,9-10,17H,8,11-14H2/t17-/m0/s1. The molecule has 1 fully saturated rings. The summed E-state index contributed by atoms with van der Waals surface area (Å²) in [4.78, 5) is 6.55. The Hall–Kier alpha value is -1.71. The molecule has 3 rings (SSSR count). The Kier molecular flexibility index (Phi) is 4.41. The molecule has 2 heterocycles. The van der Waals surface area contributed by atoms with Crippen LogP contribution in [-0.4, -0.2) is 36.1 Å². The summed E-state index contributed by atoms with van der Waals surface area (Å²) in [6.45, 7) is 3.90. The minimum atomic E-state index is 0.211. The Morgan fingerprint density at radius 2 is 1.90 bits per heavy atom. The summed E-state index contributed by atoms with van der Waals surface area (Å²) >= 11 is 0. The van der Waals surface area contributed by atoms with E-state index in [9.17, 15) is 0 Å². The highest BCUT2D eigenvalue weighted by molar-refractivity contribution is 5.18. The van der Waals surface area contributed by atoms with Gasteiger partial charge in [0, 0.05) is 32.0 Å². The Morgan fingerprint density at radius 1 is 1.10 bits per heavy atom. The lowest BCUT2D eigenvalue weighted by atomic mass is 10.1. The van der Waals surface area contributed by atoms with Gasteiger partial charge in [0.05, 0.1) is 12.7 Å². The second-order valence-corrected chi connectivity index (χ2v) is 5.18. The third-order valence-corrected chi connectivity index (χ3v) is 3.79. The summed E-state index contributed by atoms with van der Waals surface area (Å²) in [6, 6.07) is 14.7. The lowest BCUT2D eigenvalue weighted by Crippen LogP contribution is -2.39. The molecule has 0 N–H and O–H groups in total. The molecule has 1 saturated heterocycles. The van der Waals surface area contributed by atoms with Crippen LogP contribution in [0.3, 0.4) is 0 Å². The summed E-state index contributed by atoms with van der Waals surface area (Å²) in [5.74, 6) is 0. The second-order valence-electron chi connectivity index (χ2n) is 5.18. The summed E-state index contributed by atoms with van der Waals surface area (Å²) in [5, 5.41) is 0. The van der Waals surface area contributed by atoms with Crippen molar-refractivity contribution in [1.29, 1.82) is 0 Å². The third kappa shape index (κ3) is 3.44. The molecule has 1 aliphatic rings. The molecule has 2 aromatic rings. The van der Waals surface area contributed by atoms with Gasteiger partial charge in [0.1, 0.15) is 0 Å². The predicted octanol–water partition coefficient (Wildman–Crippen LogP) is 2.70. The molecular weight excluding hydrogens is 248 g/mol. The van der Waals surface area contributed by atoms with Crippen LogP contribution in [0.1, 0.15) is 17.2 Å². The quantitative estimate of drug-likeness (QED) is 0.852. The van der Waals surface area contributed by atoms with E-state index in [1.54, 1.807) is 0 Å². The molecule has 0 radical (unpaired) electrons. The summed E-state index contributed by atoms with van der Waals surface area (Å²) < 4.78 is 5.89. The van der Waals surface area contributed by atoms with E-state index in [4.69, 9.17) is 4.74 Å². The van der Waals surface area contributed by atoms with Gasteiger partial charge in [0.15, 0.2) is 0 Å². The first kappa shape index (κ1) is 13.3. The van der Waals surface area contributed by atoms with Crippen LogP contribution in [0.5, 0.6) is 0 Å². The Bertz CT molecular complexity index is 515. The Labute approximate surface area is 120 Å². The number of hydrogen-bond donors (Lipinski definition) is 0. The van der Waals surface area contributed by atoms with Crippen LogP contribution in [0.25, 0.3) is 0 Å². The van der Waals surface area contributed by atoms with Crippen molar-refractivity contribution in [3.8, 4) is 0 Å². The zero-order valence-corrected chi connectivity index (χ0v) is 11.6. The number of pyridine rings is 1. The van der Waals surface area contributed by atoms with Gasteiger partial charge in [-0.15, -0.1) is 0 Å². The van der Waals surface area contributed by atoms with Gasteiger partial charge >= 0.3 is 0 Å². The van der Waals surface area contributed by atoms with E-state index < -0.39 is 0 Å². The maximum Gasteiger partial charge on any atom is 0.0952 e. The highest BCUT2D eigenvalue weighted by Crippen LogP contribution is 2.21. The fourth-order valence-corrected chi connectivity index (χ4v) is 2.61. The molecule has 1 atom stereocenters. The molecule has 0 amide bonds. The molecule has 0 unspecified atom stereocenters. The van der Waals surface area contributed by atoms with Gasteiger partial charge in [-0.1, -0.05) is 30.3 Å². The molecule has 20 heavy (non-hydrogen) atoms. The summed E-state index contributed by atoms with van der Waals surface area (Å²) in [5.41, 5.74) is 2.63. The van der Waals surface area contributed by atoms with Gasteiger partial charge in [-0.05, 0) is 29.7 Å². The van der Waals surface area contributed by atoms with Gasteiger partial charge in [-0.25, -0.2) is 0 Å². The van der Waals surface area contributed by atoms with Crippen molar-refractivity contribution in [1.82, 2.24) is 9.88 Å². The number of rotatable bonds is 4. The lowest BCUT2D eigenvalue weighted by Gasteiger charge is -2.33. The summed E-state index contributed by atoms with van der Waals surface area (Å²) in [6.07, 6.45) is 5.01. The molecule has 3 nitrogen and oxygen atoms in total. The zero-order valence-electron chi connectivity index (χ0n) is 11.6. The number of morpholine rings is 1. The molecule has 0 spiro atoms. The first-order valence-electron chi connectivity index (χ1n) is 7.19. The van der Waals surface area contributed by atoms with Crippen molar-refractivity contribution in [2.24, 2.45) is 0 Å². The highest BCUT2D eigenvalue weighted by atomic mass is 16.5. The minimum Gasteiger partial charge on any atom is -0.371 e. The van der Waals surface area contributed by atoms with Crippen molar-refractivity contribution in [2.45, 2.75) is 12.5 Å². The molecule has 1 aromatic carbocycles. The zero-order chi connectivity index (χ0) is 13.6. The van der Waals surface area contributed by atoms with Crippen molar-refractivity contribution in [3.05, 3.63) is 66.0 Å². The monoisotopic (exact) mass is 268 g/mol. The normalized spacial score (nSPS) is 19.9. The van der Waals surface area contributed by atoms with Gasteiger partial charge in [-0.3, -0.25) is 9.88 Å². The first-order chi connectivity index (χ1) is 9.92. The number of aromatic nitrogens is 1. The molecule has 1 aliphatic heterocycles. The van der Waals surface area contributed by atoms with Crippen molar-refractivity contribution in [2.75, 3.05) is 26.2 Å². The third-order valence-electron chi connectivity index (χ3n) is 3.79. The van der Waals surface area contributed by atoms with Crippen LogP contribution in [-0.2, 0) is 11.2 Å². The predicted molar refractivity (Wildman–Crippen MR) is 79.5 cm³/mol. The molecule has 1 aromatic heterocycles. The van der Waals surface area contributed by atoms with Crippen LogP contribution in [0.4, 0.5) is 0 Å². The van der Waals surface area contributed by atoms with Gasteiger partial charge < -0.3 is 4.74 Å². The molecule has 104 valence electrons. The molecule has 0 aliphatic carbocycles. The van der Waals surface area contributed by atoms with E-state index in [-0.39, 0.29) is 6.10 Å². The van der Waals surface area contributed by atoms with Gasteiger partial charge in [0.2, 0.25) is 0 Å². The maximum atomic E-state index is 5.89. The van der Waals surface area contributed by atoms with E-state index >= 15 is 0 Å². The van der Waals surface area contributed by atoms with E-state index in [0.717, 1.165) is 32.7 Å². The first-order valence-corrected chi connectivity index (χ1v) is 7.19. The van der Waals surface area contributed by atoms with Crippen LogP contribution in [0.15, 0.2) is 54.9 Å². The topological polar surface area (TPSA) is 25.4 Å². The molecule has 0 saturated carbocycles. The Balaban J connectivity index is 1.56. The van der Waals surface area contributed by atoms with E-state index in [1.807, 2.05) is 18.5 Å². The van der Waals surface area contributed by atoms with Crippen molar-refractivity contribution in [3.63, 3.8) is 0 Å². The highest BCUT2D eigenvalue weighted by Gasteiger charge is 2.21. The van der Waals surface area contributed by atoms with Crippen LogP contribution in [0, 0.1) is 0 Å². The second kappa shape index (κ2) is 6.64. The fraction of sp³-hybridized carbons (Fsp3) is 0.353. The minimum absolute atomic E-state index is 0.211. The van der Waals surface area contributed by atoms with Crippen LogP contribution in [0.2, 0.25) is 0 Å². The van der Waals surface area contributed by atoms with Crippen molar-refractivity contribution < 1.29 is 4.74 Å². The van der Waals surface area contributed by atoms with Crippen LogP contribution >= 0.6 is 0 Å². The number of benzene rings is 1. The van der Waals surface area contributed by atoms with E-state index in [0.29, 0.717) is 0 Å². The maximum absolute atomic E-state index is 5.89. The lowest BCUT2D eigenvalue weighted by molar-refractivity contribution is -0.0295. The smallest absolute Gasteiger partial charge is 0.0952 e. The average molecular weight is 268 g/mol.